The highest BCUT2D eigenvalue weighted by Gasteiger charge is 2.23. The highest BCUT2D eigenvalue weighted by Crippen LogP contribution is 2.35. The van der Waals surface area contributed by atoms with Gasteiger partial charge in [-0.3, -0.25) is 9.89 Å². The Morgan fingerprint density at radius 3 is 2.57 bits per heavy atom. The molecule has 2 aliphatic heterocycles. The van der Waals surface area contributed by atoms with E-state index in [2.05, 4.69) is 48.4 Å². The quantitative estimate of drug-likeness (QED) is 0.545. The number of aliphatic imine (C=N–C) groups is 1. The summed E-state index contributed by atoms with van der Waals surface area (Å²) < 4.78 is 16.8. The van der Waals surface area contributed by atoms with E-state index in [0.29, 0.717) is 19.8 Å². The second-order valence-electron chi connectivity index (χ2n) is 7.82. The van der Waals surface area contributed by atoms with Crippen molar-refractivity contribution < 1.29 is 14.2 Å². The first kappa shape index (κ1) is 20.7. The van der Waals surface area contributed by atoms with Crippen molar-refractivity contribution in [2.75, 3.05) is 65.7 Å². The van der Waals surface area contributed by atoms with E-state index >= 15 is 0 Å². The Kier molecular flexibility index (Phi) is 7.39. The van der Waals surface area contributed by atoms with Gasteiger partial charge in [-0.2, -0.15) is 0 Å². The van der Waals surface area contributed by atoms with Gasteiger partial charge in [0.25, 0.3) is 0 Å². The third kappa shape index (κ3) is 5.75. The number of nitrogens with one attached hydrogen (secondary N) is 2. The van der Waals surface area contributed by atoms with Crippen LogP contribution in [0.15, 0.2) is 23.2 Å². The fourth-order valence-electron chi connectivity index (χ4n) is 3.33. The van der Waals surface area contributed by atoms with Crippen molar-refractivity contribution in [3.63, 3.8) is 0 Å². The van der Waals surface area contributed by atoms with E-state index in [4.69, 9.17) is 19.2 Å². The summed E-state index contributed by atoms with van der Waals surface area (Å²) in [6.45, 7) is 14.8. The topological polar surface area (TPSA) is 67.4 Å². The molecule has 0 radical (unpaired) electrons. The van der Waals surface area contributed by atoms with Crippen LogP contribution in [0.5, 0.6) is 11.5 Å². The molecule has 7 heteroatoms. The average molecular weight is 391 g/mol. The summed E-state index contributed by atoms with van der Waals surface area (Å²) in [6.07, 6.45) is 0. The van der Waals surface area contributed by atoms with Crippen LogP contribution in [0.4, 0.5) is 0 Å². The van der Waals surface area contributed by atoms with Gasteiger partial charge in [-0.15, -0.1) is 0 Å². The molecule has 2 N–H and O–H groups in total. The summed E-state index contributed by atoms with van der Waals surface area (Å²) in [6, 6.07) is 6.20. The minimum atomic E-state index is -0.109. The van der Waals surface area contributed by atoms with Crippen molar-refractivity contribution >= 4 is 5.96 Å². The third-order valence-electron chi connectivity index (χ3n) is 5.12. The van der Waals surface area contributed by atoms with Crippen LogP contribution in [0.1, 0.15) is 26.3 Å². The predicted octanol–water partition coefficient (Wildman–Crippen LogP) is 1.62. The second kappa shape index (κ2) is 9.98. The zero-order valence-electron chi connectivity index (χ0n) is 17.4. The molecule has 0 aliphatic carbocycles. The van der Waals surface area contributed by atoms with Gasteiger partial charge in [0.05, 0.1) is 19.8 Å². The Morgan fingerprint density at radius 2 is 1.82 bits per heavy atom. The van der Waals surface area contributed by atoms with Gasteiger partial charge in [0.15, 0.2) is 17.5 Å². The van der Waals surface area contributed by atoms with Crippen molar-refractivity contribution in [3.8, 4) is 11.5 Å². The molecule has 1 aromatic rings. The SMILES string of the molecule is CCNC(=NCC(C)(C)c1ccc2c(c1)OCCO2)NCCN1CCOCC1. The number of hydrogen-bond donors (Lipinski definition) is 2. The Balaban J connectivity index is 1.57. The summed E-state index contributed by atoms with van der Waals surface area (Å²) in [5, 5.41) is 6.80. The van der Waals surface area contributed by atoms with Crippen LogP contribution in [-0.2, 0) is 10.2 Å². The highest BCUT2D eigenvalue weighted by atomic mass is 16.6. The van der Waals surface area contributed by atoms with Crippen LogP contribution >= 0.6 is 0 Å². The van der Waals surface area contributed by atoms with E-state index in [1.807, 2.05) is 6.07 Å². The maximum atomic E-state index is 5.74. The zero-order valence-corrected chi connectivity index (χ0v) is 17.4. The number of fused-ring (bicyclic) bond motifs is 1. The van der Waals surface area contributed by atoms with Crippen molar-refractivity contribution in [3.05, 3.63) is 23.8 Å². The Labute approximate surface area is 168 Å². The lowest BCUT2D eigenvalue weighted by Gasteiger charge is -2.27. The molecular weight excluding hydrogens is 356 g/mol. The summed E-state index contributed by atoms with van der Waals surface area (Å²) >= 11 is 0. The molecule has 3 rings (SSSR count). The van der Waals surface area contributed by atoms with Crippen LogP contribution in [-0.4, -0.2) is 76.6 Å². The Morgan fingerprint density at radius 1 is 1.07 bits per heavy atom. The minimum absolute atomic E-state index is 0.109. The molecule has 28 heavy (non-hydrogen) atoms. The lowest BCUT2D eigenvalue weighted by atomic mass is 9.84. The van der Waals surface area contributed by atoms with Crippen LogP contribution in [0, 0.1) is 0 Å². The molecule has 1 aromatic carbocycles. The van der Waals surface area contributed by atoms with Crippen molar-refractivity contribution in [2.24, 2.45) is 4.99 Å². The molecule has 1 saturated heterocycles. The van der Waals surface area contributed by atoms with Gasteiger partial charge in [0, 0.05) is 38.1 Å². The first-order valence-corrected chi connectivity index (χ1v) is 10.3. The summed E-state index contributed by atoms with van der Waals surface area (Å²) in [5.74, 6) is 2.52. The van der Waals surface area contributed by atoms with Crippen LogP contribution in [0.3, 0.4) is 0 Å². The molecule has 1 fully saturated rings. The largest absolute Gasteiger partial charge is 0.486 e. The van der Waals surface area contributed by atoms with Crippen molar-refractivity contribution in [1.29, 1.82) is 0 Å². The Bertz CT molecular complexity index is 657. The summed E-state index contributed by atoms with van der Waals surface area (Å²) in [7, 11) is 0. The van der Waals surface area contributed by atoms with E-state index in [1.54, 1.807) is 0 Å². The smallest absolute Gasteiger partial charge is 0.191 e. The summed E-state index contributed by atoms with van der Waals surface area (Å²) in [4.78, 5) is 7.25. The Hall–Kier alpha value is -1.99. The average Bonchev–Trinajstić information content (AvgIpc) is 2.72. The molecule has 0 aromatic heterocycles. The highest BCUT2D eigenvalue weighted by molar-refractivity contribution is 5.79. The minimum Gasteiger partial charge on any atom is -0.486 e. The molecule has 0 bridgehead atoms. The van der Waals surface area contributed by atoms with Crippen LogP contribution in [0.25, 0.3) is 0 Å². The monoisotopic (exact) mass is 390 g/mol. The van der Waals surface area contributed by atoms with Gasteiger partial charge in [-0.1, -0.05) is 19.9 Å². The molecule has 2 heterocycles. The maximum Gasteiger partial charge on any atom is 0.191 e. The van der Waals surface area contributed by atoms with Gasteiger partial charge in [-0.05, 0) is 24.6 Å². The predicted molar refractivity (Wildman–Crippen MR) is 112 cm³/mol. The van der Waals surface area contributed by atoms with Crippen LogP contribution in [0.2, 0.25) is 0 Å². The molecular formula is C21H34N4O3. The van der Waals surface area contributed by atoms with E-state index < -0.39 is 0 Å². The first-order chi connectivity index (χ1) is 13.6. The van der Waals surface area contributed by atoms with Gasteiger partial charge >= 0.3 is 0 Å². The number of benzene rings is 1. The number of morpholine rings is 1. The second-order valence-corrected chi connectivity index (χ2v) is 7.82. The number of nitrogens with zero attached hydrogens (tertiary/aromatic N) is 2. The molecule has 0 spiro atoms. The zero-order chi connectivity index (χ0) is 19.8. The number of rotatable bonds is 7. The normalized spacial score (nSPS) is 18.0. The fourth-order valence-corrected chi connectivity index (χ4v) is 3.33. The van der Waals surface area contributed by atoms with Gasteiger partial charge < -0.3 is 24.8 Å². The number of hydrogen-bond acceptors (Lipinski definition) is 5. The first-order valence-electron chi connectivity index (χ1n) is 10.3. The molecule has 0 saturated carbocycles. The number of guanidine groups is 1. The van der Waals surface area contributed by atoms with Crippen molar-refractivity contribution in [1.82, 2.24) is 15.5 Å². The third-order valence-corrected chi connectivity index (χ3v) is 5.12. The molecule has 0 atom stereocenters. The van der Waals surface area contributed by atoms with E-state index in [0.717, 1.165) is 63.4 Å². The van der Waals surface area contributed by atoms with E-state index in [-0.39, 0.29) is 5.41 Å². The van der Waals surface area contributed by atoms with Crippen LogP contribution < -0.4 is 20.1 Å². The molecule has 156 valence electrons. The lowest BCUT2D eigenvalue weighted by Crippen LogP contribution is -2.44. The van der Waals surface area contributed by atoms with Gasteiger partial charge in [0.2, 0.25) is 0 Å². The molecule has 2 aliphatic rings. The number of ether oxygens (including phenoxy) is 3. The molecule has 7 nitrogen and oxygen atoms in total. The lowest BCUT2D eigenvalue weighted by molar-refractivity contribution is 0.0389. The van der Waals surface area contributed by atoms with E-state index in [1.165, 1.54) is 5.56 Å². The summed E-state index contributed by atoms with van der Waals surface area (Å²) in [5.41, 5.74) is 1.09. The molecule has 0 unspecified atom stereocenters. The van der Waals surface area contributed by atoms with Gasteiger partial charge in [0.1, 0.15) is 13.2 Å². The van der Waals surface area contributed by atoms with Crippen molar-refractivity contribution in [2.45, 2.75) is 26.2 Å². The standard InChI is InChI=1S/C21H34N4O3/c1-4-22-20(23-7-8-25-9-11-26-12-10-25)24-16-21(2,3)17-5-6-18-19(15-17)28-14-13-27-18/h5-6,15H,4,7-14,16H2,1-3H3,(H2,22,23,24). The maximum absolute atomic E-state index is 5.74. The van der Waals surface area contributed by atoms with E-state index in [9.17, 15) is 0 Å². The fraction of sp³-hybridized carbons (Fsp3) is 0.667. The van der Waals surface area contributed by atoms with Gasteiger partial charge in [-0.25, -0.2) is 0 Å². The molecule has 0 amide bonds.